The first-order chi connectivity index (χ1) is 14.4. The SMILES string of the molecule is CN(C)c1cccc(Nc2ncnc3[nH]cc(C(=O)c4c(F)ccc(N)c4F)c23)c1. The van der Waals surface area contributed by atoms with Crippen LogP contribution in [0.3, 0.4) is 0 Å². The number of anilines is 4. The molecular formula is C21H18F2N6O. The number of aromatic nitrogens is 3. The number of halogens is 2. The molecule has 0 amide bonds. The minimum atomic E-state index is -1.10. The van der Waals surface area contributed by atoms with E-state index < -0.39 is 23.0 Å². The second-order valence-electron chi connectivity index (χ2n) is 6.87. The molecule has 152 valence electrons. The fourth-order valence-electron chi connectivity index (χ4n) is 3.15. The molecule has 0 unspecified atom stereocenters. The maximum absolute atomic E-state index is 14.4. The van der Waals surface area contributed by atoms with Crippen LogP contribution in [0.4, 0.5) is 31.7 Å². The molecule has 0 saturated carbocycles. The van der Waals surface area contributed by atoms with E-state index in [1.165, 1.54) is 12.5 Å². The molecule has 2 aromatic carbocycles. The van der Waals surface area contributed by atoms with Crippen molar-refractivity contribution in [1.29, 1.82) is 0 Å². The van der Waals surface area contributed by atoms with Gasteiger partial charge in [0.25, 0.3) is 0 Å². The third kappa shape index (κ3) is 3.30. The lowest BCUT2D eigenvalue weighted by Crippen LogP contribution is -2.10. The molecule has 0 aliphatic carbocycles. The average molecular weight is 408 g/mol. The smallest absolute Gasteiger partial charge is 0.201 e. The van der Waals surface area contributed by atoms with Crippen LogP contribution in [-0.2, 0) is 0 Å². The highest BCUT2D eigenvalue weighted by Crippen LogP contribution is 2.30. The summed E-state index contributed by atoms with van der Waals surface area (Å²) in [5, 5.41) is 3.47. The summed E-state index contributed by atoms with van der Waals surface area (Å²) >= 11 is 0. The first-order valence-electron chi connectivity index (χ1n) is 9.01. The van der Waals surface area contributed by atoms with E-state index in [2.05, 4.69) is 20.3 Å². The summed E-state index contributed by atoms with van der Waals surface area (Å²) < 4.78 is 28.7. The number of hydrogen-bond donors (Lipinski definition) is 3. The van der Waals surface area contributed by atoms with E-state index in [-0.39, 0.29) is 11.3 Å². The van der Waals surface area contributed by atoms with Crippen LogP contribution in [-0.4, -0.2) is 34.8 Å². The molecule has 30 heavy (non-hydrogen) atoms. The quantitative estimate of drug-likeness (QED) is 0.343. The molecule has 4 aromatic rings. The summed E-state index contributed by atoms with van der Waals surface area (Å²) in [4.78, 5) is 26.1. The van der Waals surface area contributed by atoms with E-state index in [1.807, 2.05) is 43.3 Å². The minimum Gasteiger partial charge on any atom is -0.396 e. The summed E-state index contributed by atoms with van der Waals surface area (Å²) in [7, 11) is 3.83. The van der Waals surface area contributed by atoms with Gasteiger partial charge in [-0.1, -0.05) is 6.07 Å². The summed E-state index contributed by atoms with van der Waals surface area (Å²) in [6.45, 7) is 0. The molecular weight excluding hydrogens is 390 g/mol. The number of benzene rings is 2. The van der Waals surface area contributed by atoms with Crippen molar-refractivity contribution in [2.24, 2.45) is 0 Å². The van der Waals surface area contributed by atoms with E-state index >= 15 is 0 Å². The molecule has 2 heterocycles. The number of rotatable bonds is 5. The van der Waals surface area contributed by atoms with Gasteiger partial charge in [-0.05, 0) is 30.3 Å². The highest BCUT2D eigenvalue weighted by molar-refractivity contribution is 6.18. The van der Waals surface area contributed by atoms with Gasteiger partial charge in [0.15, 0.2) is 5.82 Å². The molecule has 0 bridgehead atoms. The molecule has 9 heteroatoms. The molecule has 0 radical (unpaired) electrons. The first-order valence-corrected chi connectivity index (χ1v) is 9.01. The number of aromatic amines is 1. The van der Waals surface area contributed by atoms with Gasteiger partial charge in [-0.25, -0.2) is 18.7 Å². The molecule has 0 atom stereocenters. The van der Waals surface area contributed by atoms with Crippen molar-refractivity contribution in [2.45, 2.75) is 0 Å². The molecule has 2 aromatic heterocycles. The lowest BCUT2D eigenvalue weighted by Gasteiger charge is -2.14. The van der Waals surface area contributed by atoms with Crippen molar-refractivity contribution in [1.82, 2.24) is 15.0 Å². The molecule has 7 nitrogen and oxygen atoms in total. The Morgan fingerprint density at radius 3 is 2.73 bits per heavy atom. The Balaban J connectivity index is 1.82. The highest BCUT2D eigenvalue weighted by atomic mass is 19.1. The molecule has 0 fully saturated rings. The van der Waals surface area contributed by atoms with Crippen molar-refractivity contribution in [3.63, 3.8) is 0 Å². The minimum absolute atomic E-state index is 0.0280. The second-order valence-corrected chi connectivity index (χ2v) is 6.87. The Kier molecular flexibility index (Phi) is 4.78. The van der Waals surface area contributed by atoms with Crippen molar-refractivity contribution in [3.05, 3.63) is 71.7 Å². The van der Waals surface area contributed by atoms with Crippen molar-refractivity contribution in [3.8, 4) is 0 Å². The Morgan fingerprint density at radius 2 is 1.97 bits per heavy atom. The van der Waals surface area contributed by atoms with Crippen molar-refractivity contribution in [2.75, 3.05) is 30.0 Å². The number of ketones is 1. The third-order valence-corrected chi connectivity index (χ3v) is 4.69. The van der Waals surface area contributed by atoms with E-state index in [0.29, 0.717) is 16.9 Å². The zero-order valence-corrected chi connectivity index (χ0v) is 16.2. The second kappa shape index (κ2) is 7.43. The zero-order valence-electron chi connectivity index (χ0n) is 16.2. The van der Waals surface area contributed by atoms with Crippen LogP contribution in [0.1, 0.15) is 15.9 Å². The molecule has 0 aliphatic rings. The summed E-state index contributed by atoms with van der Waals surface area (Å²) in [5.74, 6) is -2.63. The third-order valence-electron chi connectivity index (χ3n) is 4.69. The maximum Gasteiger partial charge on any atom is 0.201 e. The van der Waals surface area contributed by atoms with Crippen LogP contribution in [0.2, 0.25) is 0 Å². The van der Waals surface area contributed by atoms with E-state index in [4.69, 9.17) is 5.73 Å². The van der Waals surface area contributed by atoms with Crippen LogP contribution < -0.4 is 16.0 Å². The van der Waals surface area contributed by atoms with Gasteiger partial charge in [-0.3, -0.25) is 4.79 Å². The fourth-order valence-corrected chi connectivity index (χ4v) is 3.15. The van der Waals surface area contributed by atoms with E-state index in [1.54, 1.807) is 0 Å². The van der Waals surface area contributed by atoms with Gasteiger partial charge in [0.05, 0.1) is 22.2 Å². The average Bonchev–Trinajstić information content (AvgIpc) is 3.16. The number of carbonyl (C=O) groups is 1. The van der Waals surface area contributed by atoms with Gasteiger partial charge >= 0.3 is 0 Å². The number of nitrogens with two attached hydrogens (primary N) is 1. The number of nitrogens with zero attached hydrogens (tertiary/aromatic N) is 3. The van der Waals surface area contributed by atoms with Crippen LogP contribution in [0.5, 0.6) is 0 Å². The Bertz CT molecular complexity index is 1270. The molecule has 4 N–H and O–H groups in total. The van der Waals surface area contributed by atoms with Gasteiger partial charge < -0.3 is 20.9 Å². The molecule has 0 saturated heterocycles. The fraction of sp³-hybridized carbons (Fsp3) is 0.0952. The number of H-pyrrole nitrogens is 1. The lowest BCUT2D eigenvalue weighted by molar-refractivity contribution is 0.103. The number of hydrogen-bond acceptors (Lipinski definition) is 6. The standard InChI is InChI=1S/C21H18F2N6O/c1-29(2)12-5-3-4-11(8-12)28-21-16-13(9-25-20(16)26-10-27-21)19(30)17-14(22)6-7-15(24)18(17)23/h3-10H,24H2,1-2H3,(H2,25,26,27,28). The van der Waals surface area contributed by atoms with Crippen molar-refractivity contribution < 1.29 is 13.6 Å². The largest absolute Gasteiger partial charge is 0.396 e. The lowest BCUT2D eigenvalue weighted by atomic mass is 10.0. The van der Waals surface area contributed by atoms with Crippen LogP contribution in [0, 0.1) is 11.6 Å². The number of nitrogens with one attached hydrogen (secondary N) is 2. The molecule has 0 spiro atoms. The Labute approximate surface area is 170 Å². The maximum atomic E-state index is 14.4. The van der Waals surface area contributed by atoms with Crippen molar-refractivity contribution >= 4 is 39.7 Å². The van der Waals surface area contributed by atoms with E-state index in [9.17, 15) is 13.6 Å². The van der Waals surface area contributed by atoms with Crippen LogP contribution >= 0.6 is 0 Å². The highest BCUT2D eigenvalue weighted by Gasteiger charge is 2.25. The number of nitrogen functional groups attached to an aromatic ring is 1. The zero-order chi connectivity index (χ0) is 21.4. The van der Waals surface area contributed by atoms with Gasteiger partial charge in [-0.2, -0.15) is 0 Å². The van der Waals surface area contributed by atoms with E-state index in [0.717, 1.165) is 23.5 Å². The predicted molar refractivity (Wildman–Crippen MR) is 112 cm³/mol. The summed E-state index contributed by atoms with van der Waals surface area (Å²) in [5.41, 5.74) is 6.55. The summed E-state index contributed by atoms with van der Waals surface area (Å²) in [6, 6.07) is 9.59. The monoisotopic (exact) mass is 408 g/mol. The first kappa shape index (κ1) is 19.3. The van der Waals surface area contributed by atoms with Crippen LogP contribution in [0.15, 0.2) is 48.9 Å². The van der Waals surface area contributed by atoms with Gasteiger partial charge in [0, 0.05) is 31.7 Å². The number of carbonyl (C=O) groups excluding carboxylic acids is 1. The van der Waals surface area contributed by atoms with Gasteiger partial charge in [0.2, 0.25) is 5.78 Å². The van der Waals surface area contributed by atoms with Gasteiger partial charge in [-0.15, -0.1) is 0 Å². The molecule has 4 rings (SSSR count). The predicted octanol–water partition coefficient (Wildman–Crippen LogP) is 3.86. The topological polar surface area (TPSA) is 99.9 Å². The Hall–Kier alpha value is -4.01. The summed E-state index contributed by atoms with van der Waals surface area (Å²) in [6.07, 6.45) is 2.68. The van der Waals surface area contributed by atoms with Crippen LogP contribution in [0.25, 0.3) is 11.0 Å². The molecule has 0 aliphatic heterocycles. The number of fused-ring (bicyclic) bond motifs is 1. The van der Waals surface area contributed by atoms with Gasteiger partial charge in [0.1, 0.15) is 23.6 Å². The Morgan fingerprint density at radius 1 is 1.17 bits per heavy atom. The normalized spacial score (nSPS) is 10.9.